The van der Waals surface area contributed by atoms with Gasteiger partial charge in [0.05, 0.1) is 4.90 Å². The Kier molecular flexibility index (Phi) is 4.51. The zero-order valence-electron chi connectivity index (χ0n) is 12.4. The van der Waals surface area contributed by atoms with Gasteiger partial charge in [-0.15, -0.1) is 0 Å². The lowest BCUT2D eigenvalue weighted by Gasteiger charge is -2.14. The first kappa shape index (κ1) is 15.8. The third kappa shape index (κ3) is 3.53. The van der Waals surface area contributed by atoms with Crippen LogP contribution in [0.15, 0.2) is 39.6 Å². The molecule has 0 aliphatic heterocycles. The van der Waals surface area contributed by atoms with Crippen molar-refractivity contribution in [1.29, 1.82) is 0 Å². The second-order valence-electron chi connectivity index (χ2n) is 5.06. The van der Waals surface area contributed by atoms with Gasteiger partial charge in [-0.3, -0.25) is 0 Å². The summed E-state index contributed by atoms with van der Waals surface area (Å²) in [6, 6.07) is 8.04. The van der Waals surface area contributed by atoms with E-state index in [1.54, 1.807) is 31.2 Å². The summed E-state index contributed by atoms with van der Waals surface area (Å²) in [6.45, 7) is 5.84. The van der Waals surface area contributed by atoms with Crippen LogP contribution in [0.3, 0.4) is 0 Å². The maximum atomic E-state index is 12.4. The van der Waals surface area contributed by atoms with Crippen molar-refractivity contribution in [3.8, 4) is 0 Å². The molecular weight excluding hydrogens is 288 g/mol. The summed E-state index contributed by atoms with van der Waals surface area (Å²) in [6.07, 6.45) is 0. The number of benzene rings is 1. The summed E-state index contributed by atoms with van der Waals surface area (Å²) >= 11 is 0. The molecule has 2 rings (SSSR count). The first-order valence-electron chi connectivity index (χ1n) is 6.72. The van der Waals surface area contributed by atoms with E-state index in [0.717, 1.165) is 22.6 Å². The third-order valence-corrected chi connectivity index (χ3v) is 4.90. The average Bonchev–Trinajstić information content (AvgIpc) is 2.77. The van der Waals surface area contributed by atoms with E-state index in [-0.39, 0.29) is 10.9 Å². The fourth-order valence-electron chi connectivity index (χ4n) is 2.25. The van der Waals surface area contributed by atoms with Crippen LogP contribution in [0.25, 0.3) is 0 Å². The smallest absolute Gasteiger partial charge is 0.241 e. The third-order valence-electron chi connectivity index (χ3n) is 3.35. The minimum absolute atomic E-state index is 0.226. The molecule has 0 aliphatic rings. The summed E-state index contributed by atoms with van der Waals surface area (Å²) < 4.78 is 32.8. The number of nitrogens with two attached hydrogens (primary N) is 1. The van der Waals surface area contributed by atoms with Crippen molar-refractivity contribution >= 4 is 10.0 Å². The van der Waals surface area contributed by atoms with E-state index in [0.29, 0.717) is 6.54 Å². The van der Waals surface area contributed by atoms with Gasteiger partial charge in [0.2, 0.25) is 10.0 Å². The number of hydrogen-bond acceptors (Lipinski definition) is 4. The van der Waals surface area contributed by atoms with Crippen LogP contribution in [-0.4, -0.2) is 8.42 Å². The zero-order valence-corrected chi connectivity index (χ0v) is 13.2. The molecule has 0 bridgehead atoms. The highest BCUT2D eigenvalue weighted by atomic mass is 32.2. The van der Waals surface area contributed by atoms with E-state index in [9.17, 15) is 8.42 Å². The SMILES string of the molecule is Cc1cc(C(C)NS(=O)(=O)c2ccc(CN)cc2)c(C)o1. The molecule has 114 valence electrons. The molecule has 1 heterocycles. The van der Waals surface area contributed by atoms with Crippen LogP contribution in [0.1, 0.15) is 35.6 Å². The van der Waals surface area contributed by atoms with E-state index in [2.05, 4.69) is 4.72 Å². The molecule has 0 saturated heterocycles. The largest absolute Gasteiger partial charge is 0.466 e. The summed E-state index contributed by atoms with van der Waals surface area (Å²) in [5.74, 6) is 1.49. The fourth-order valence-corrected chi connectivity index (χ4v) is 3.47. The second-order valence-corrected chi connectivity index (χ2v) is 6.77. The maximum Gasteiger partial charge on any atom is 0.241 e. The molecule has 0 amide bonds. The highest BCUT2D eigenvalue weighted by Crippen LogP contribution is 2.23. The maximum absolute atomic E-state index is 12.4. The minimum atomic E-state index is -3.57. The van der Waals surface area contributed by atoms with Crippen molar-refractivity contribution in [2.75, 3.05) is 0 Å². The summed E-state index contributed by atoms with van der Waals surface area (Å²) in [5, 5.41) is 0. The highest BCUT2D eigenvalue weighted by Gasteiger charge is 2.21. The van der Waals surface area contributed by atoms with Crippen LogP contribution in [0, 0.1) is 13.8 Å². The molecule has 3 N–H and O–H groups in total. The van der Waals surface area contributed by atoms with E-state index in [4.69, 9.17) is 10.2 Å². The van der Waals surface area contributed by atoms with E-state index < -0.39 is 10.0 Å². The molecule has 6 heteroatoms. The first-order valence-corrected chi connectivity index (χ1v) is 8.20. The molecule has 1 atom stereocenters. The van der Waals surface area contributed by atoms with Crippen LogP contribution in [0.5, 0.6) is 0 Å². The number of sulfonamides is 1. The van der Waals surface area contributed by atoms with E-state index in [1.165, 1.54) is 0 Å². The van der Waals surface area contributed by atoms with Crippen LogP contribution in [0.2, 0.25) is 0 Å². The lowest BCUT2D eigenvalue weighted by Crippen LogP contribution is -2.27. The Labute approximate surface area is 125 Å². The molecule has 1 unspecified atom stereocenters. The number of aryl methyl sites for hydroxylation is 2. The molecule has 0 saturated carbocycles. The van der Waals surface area contributed by atoms with Crippen LogP contribution >= 0.6 is 0 Å². The summed E-state index contributed by atoms with van der Waals surface area (Å²) in [7, 11) is -3.57. The van der Waals surface area contributed by atoms with Crippen molar-refractivity contribution in [1.82, 2.24) is 4.72 Å². The number of hydrogen-bond donors (Lipinski definition) is 2. The molecule has 1 aromatic heterocycles. The van der Waals surface area contributed by atoms with Crippen molar-refractivity contribution < 1.29 is 12.8 Å². The molecule has 21 heavy (non-hydrogen) atoms. The van der Waals surface area contributed by atoms with Gasteiger partial charge < -0.3 is 10.2 Å². The van der Waals surface area contributed by atoms with E-state index in [1.807, 2.05) is 19.9 Å². The van der Waals surface area contributed by atoms with Gasteiger partial charge in [0.15, 0.2) is 0 Å². The predicted molar refractivity (Wildman–Crippen MR) is 81.3 cm³/mol. The lowest BCUT2D eigenvalue weighted by atomic mass is 10.1. The van der Waals surface area contributed by atoms with Crippen LogP contribution in [-0.2, 0) is 16.6 Å². The topological polar surface area (TPSA) is 85.3 Å². The fraction of sp³-hybridized carbons (Fsp3) is 0.333. The molecule has 1 aromatic carbocycles. The Morgan fingerprint density at radius 1 is 1.24 bits per heavy atom. The first-order chi connectivity index (χ1) is 9.83. The number of nitrogens with one attached hydrogen (secondary N) is 1. The Bertz CT molecular complexity index is 718. The molecule has 0 fully saturated rings. The van der Waals surface area contributed by atoms with Gasteiger partial charge in [-0.1, -0.05) is 12.1 Å². The number of furan rings is 1. The monoisotopic (exact) mass is 308 g/mol. The predicted octanol–water partition coefficient (Wildman–Crippen LogP) is 2.39. The van der Waals surface area contributed by atoms with Crippen molar-refractivity contribution in [3.63, 3.8) is 0 Å². The van der Waals surface area contributed by atoms with Crippen LogP contribution in [0.4, 0.5) is 0 Å². The summed E-state index contributed by atoms with van der Waals surface area (Å²) in [4.78, 5) is 0.226. The lowest BCUT2D eigenvalue weighted by molar-refractivity contribution is 0.496. The van der Waals surface area contributed by atoms with Gasteiger partial charge in [-0.2, -0.15) is 0 Å². The second kappa shape index (κ2) is 6.01. The van der Waals surface area contributed by atoms with Gasteiger partial charge in [-0.25, -0.2) is 13.1 Å². The summed E-state index contributed by atoms with van der Waals surface area (Å²) in [5.41, 5.74) is 7.24. The van der Waals surface area contributed by atoms with Gasteiger partial charge in [-0.05, 0) is 44.5 Å². The van der Waals surface area contributed by atoms with E-state index >= 15 is 0 Å². The van der Waals surface area contributed by atoms with Crippen molar-refractivity contribution in [2.45, 2.75) is 38.3 Å². The minimum Gasteiger partial charge on any atom is -0.466 e. The van der Waals surface area contributed by atoms with Crippen LogP contribution < -0.4 is 10.5 Å². The average molecular weight is 308 g/mol. The highest BCUT2D eigenvalue weighted by molar-refractivity contribution is 7.89. The van der Waals surface area contributed by atoms with Gasteiger partial charge >= 0.3 is 0 Å². The van der Waals surface area contributed by atoms with Crippen molar-refractivity contribution in [3.05, 3.63) is 53.0 Å². The Morgan fingerprint density at radius 3 is 2.33 bits per heavy atom. The zero-order chi connectivity index (χ0) is 15.6. The molecule has 0 spiro atoms. The van der Waals surface area contributed by atoms with Gasteiger partial charge in [0, 0.05) is 18.2 Å². The Balaban J connectivity index is 2.22. The quantitative estimate of drug-likeness (QED) is 0.888. The standard InChI is InChI=1S/C15H20N2O3S/c1-10-8-15(12(3)20-10)11(2)17-21(18,19)14-6-4-13(9-16)5-7-14/h4-8,11,17H,9,16H2,1-3H3. The number of rotatable bonds is 5. The van der Waals surface area contributed by atoms with Crippen molar-refractivity contribution in [2.24, 2.45) is 5.73 Å². The van der Waals surface area contributed by atoms with Gasteiger partial charge in [0.1, 0.15) is 11.5 Å². The molecule has 0 radical (unpaired) electrons. The molecular formula is C15H20N2O3S. The Hall–Kier alpha value is -1.63. The molecule has 2 aromatic rings. The Morgan fingerprint density at radius 2 is 1.86 bits per heavy atom. The molecule has 5 nitrogen and oxygen atoms in total. The van der Waals surface area contributed by atoms with Gasteiger partial charge in [0.25, 0.3) is 0 Å². The normalized spacial score (nSPS) is 13.3. The molecule has 0 aliphatic carbocycles.